The second-order valence-corrected chi connectivity index (χ2v) is 5.21. The molecule has 1 aliphatic carbocycles. The zero-order valence-corrected chi connectivity index (χ0v) is 11.7. The number of nitrogens with two attached hydrogens (primary N) is 1. The smallest absolute Gasteiger partial charge is 0.243 e. The maximum atomic E-state index is 5.38. The fourth-order valence-electron chi connectivity index (χ4n) is 2.34. The SMILES string of the molecule is CN(C)c1nc(NN)nc(NCC2CCCCC2)n1. The van der Waals surface area contributed by atoms with Crippen LogP contribution in [0.1, 0.15) is 32.1 Å². The second-order valence-electron chi connectivity index (χ2n) is 5.21. The first-order chi connectivity index (χ1) is 9.19. The van der Waals surface area contributed by atoms with Crippen LogP contribution >= 0.6 is 0 Å². The predicted octanol–water partition coefficient (Wildman–Crippen LogP) is 1.22. The van der Waals surface area contributed by atoms with Crippen molar-refractivity contribution < 1.29 is 0 Å². The Kier molecular flexibility index (Phi) is 4.73. The summed E-state index contributed by atoms with van der Waals surface area (Å²) >= 11 is 0. The van der Waals surface area contributed by atoms with Crippen LogP contribution in [0.2, 0.25) is 0 Å². The molecule has 0 radical (unpaired) electrons. The lowest BCUT2D eigenvalue weighted by atomic mass is 9.89. The first-order valence-corrected chi connectivity index (χ1v) is 6.83. The van der Waals surface area contributed by atoms with Crippen LogP contribution < -0.4 is 21.5 Å². The maximum absolute atomic E-state index is 5.38. The summed E-state index contributed by atoms with van der Waals surface area (Å²) in [7, 11) is 3.78. The third-order valence-corrected chi connectivity index (χ3v) is 3.43. The monoisotopic (exact) mass is 265 g/mol. The van der Waals surface area contributed by atoms with E-state index in [4.69, 9.17) is 5.84 Å². The van der Waals surface area contributed by atoms with Crippen molar-refractivity contribution in [2.24, 2.45) is 11.8 Å². The average molecular weight is 265 g/mol. The van der Waals surface area contributed by atoms with E-state index in [1.54, 1.807) is 0 Å². The standard InChI is InChI=1S/C12H23N7/c1-19(2)12-16-10(15-11(17-12)18-13)14-8-9-6-4-3-5-7-9/h9H,3-8,13H2,1-2H3,(H2,14,15,16,17,18). The van der Waals surface area contributed by atoms with Crippen molar-refractivity contribution in [3.05, 3.63) is 0 Å². The van der Waals surface area contributed by atoms with Gasteiger partial charge in [0, 0.05) is 20.6 Å². The quantitative estimate of drug-likeness (QED) is 0.544. The predicted molar refractivity (Wildman–Crippen MR) is 77.0 cm³/mol. The highest BCUT2D eigenvalue weighted by molar-refractivity contribution is 5.42. The molecule has 0 spiro atoms. The fourth-order valence-corrected chi connectivity index (χ4v) is 2.34. The van der Waals surface area contributed by atoms with Crippen LogP contribution in [0.3, 0.4) is 0 Å². The van der Waals surface area contributed by atoms with E-state index in [2.05, 4.69) is 25.7 Å². The first kappa shape index (κ1) is 13.8. The van der Waals surface area contributed by atoms with Crippen LogP contribution in [0, 0.1) is 5.92 Å². The van der Waals surface area contributed by atoms with Gasteiger partial charge in [0.1, 0.15) is 0 Å². The minimum atomic E-state index is 0.379. The fraction of sp³-hybridized carbons (Fsp3) is 0.750. The van der Waals surface area contributed by atoms with Crippen molar-refractivity contribution in [3.8, 4) is 0 Å². The molecular weight excluding hydrogens is 242 g/mol. The van der Waals surface area contributed by atoms with Gasteiger partial charge < -0.3 is 10.2 Å². The van der Waals surface area contributed by atoms with Gasteiger partial charge >= 0.3 is 0 Å². The molecule has 0 saturated heterocycles. The lowest BCUT2D eigenvalue weighted by Crippen LogP contribution is -2.21. The molecule has 7 heteroatoms. The molecule has 1 heterocycles. The minimum absolute atomic E-state index is 0.379. The highest BCUT2D eigenvalue weighted by atomic mass is 15.4. The maximum Gasteiger partial charge on any atom is 0.243 e. The molecule has 0 amide bonds. The molecule has 0 unspecified atom stereocenters. The van der Waals surface area contributed by atoms with Gasteiger partial charge in [0.15, 0.2) is 0 Å². The molecule has 1 aliphatic rings. The van der Waals surface area contributed by atoms with Gasteiger partial charge in [-0.15, -0.1) is 0 Å². The first-order valence-electron chi connectivity index (χ1n) is 6.83. The molecule has 0 aliphatic heterocycles. The van der Waals surface area contributed by atoms with E-state index >= 15 is 0 Å². The number of nitrogens with zero attached hydrogens (tertiary/aromatic N) is 4. The van der Waals surface area contributed by atoms with Crippen molar-refractivity contribution in [1.82, 2.24) is 15.0 Å². The van der Waals surface area contributed by atoms with Crippen LogP contribution in [0.5, 0.6) is 0 Å². The number of hydrogen-bond acceptors (Lipinski definition) is 7. The molecule has 1 fully saturated rings. The summed E-state index contributed by atoms with van der Waals surface area (Å²) in [6.07, 6.45) is 6.62. The largest absolute Gasteiger partial charge is 0.354 e. The molecule has 106 valence electrons. The van der Waals surface area contributed by atoms with Crippen LogP contribution in [0.4, 0.5) is 17.8 Å². The van der Waals surface area contributed by atoms with Crippen molar-refractivity contribution in [1.29, 1.82) is 0 Å². The number of nitrogen functional groups attached to an aromatic ring is 1. The van der Waals surface area contributed by atoms with Crippen molar-refractivity contribution >= 4 is 17.8 Å². The average Bonchev–Trinajstić information content (AvgIpc) is 2.45. The van der Waals surface area contributed by atoms with E-state index in [-0.39, 0.29) is 0 Å². The van der Waals surface area contributed by atoms with Crippen molar-refractivity contribution in [3.63, 3.8) is 0 Å². The number of aromatic nitrogens is 3. The van der Waals surface area contributed by atoms with E-state index < -0.39 is 0 Å². The van der Waals surface area contributed by atoms with E-state index in [0.717, 1.165) is 12.5 Å². The zero-order valence-electron chi connectivity index (χ0n) is 11.7. The molecule has 1 aromatic rings. The summed E-state index contributed by atoms with van der Waals surface area (Å²) < 4.78 is 0. The Hall–Kier alpha value is -1.63. The number of anilines is 3. The van der Waals surface area contributed by atoms with Crippen LogP contribution in [0.15, 0.2) is 0 Å². The Morgan fingerprint density at radius 2 is 1.79 bits per heavy atom. The number of hydrazine groups is 1. The molecular formula is C12H23N7. The lowest BCUT2D eigenvalue weighted by molar-refractivity contribution is 0.373. The highest BCUT2D eigenvalue weighted by Crippen LogP contribution is 2.23. The van der Waals surface area contributed by atoms with E-state index in [1.165, 1.54) is 32.1 Å². The number of nitrogens with one attached hydrogen (secondary N) is 2. The molecule has 0 aromatic carbocycles. The van der Waals surface area contributed by atoms with E-state index in [1.807, 2.05) is 19.0 Å². The van der Waals surface area contributed by atoms with Crippen molar-refractivity contribution in [2.45, 2.75) is 32.1 Å². The van der Waals surface area contributed by atoms with E-state index in [0.29, 0.717) is 17.8 Å². The molecule has 19 heavy (non-hydrogen) atoms. The van der Waals surface area contributed by atoms with Gasteiger partial charge in [-0.25, -0.2) is 5.84 Å². The Bertz CT molecular complexity index is 401. The van der Waals surface area contributed by atoms with Crippen LogP contribution in [0.25, 0.3) is 0 Å². The summed E-state index contributed by atoms with van der Waals surface area (Å²) in [4.78, 5) is 14.6. The molecule has 0 bridgehead atoms. The lowest BCUT2D eigenvalue weighted by Gasteiger charge is -2.22. The van der Waals surface area contributed by atoms with Crippen LogP contribution in [-0.2, 0) is 0 Å². The third kappa shape index (κ3) is 3.92. The van der Waals surface area contributed by atoms with Crippen LogP contribution in [-0.4, -0.2) is 35.6 Å². The number of rotatable bonds is 5. The second kappa shape index (κ2) is 6.51. The third-order valence-electron chi connectivity index (χ3n) is 3.43. The Labute approximate surface area is 114 Å². The van der Waals surface area contributed by atoms with Gasteiger partial charge in [-0.05, 0) is 18.8 Å². The van der Waals surface area contributed by atoms with Gasteiger partial charge in [0.25, 0.3) is 0 Å². The normalized spacial score (nSPS) is 16.2. The highest BCUT2D eigenvalue weighted by Gasteiger charge is 2.14. The molecule has 1 saturated carbocycles. The summed E-state index contributed by atoms with van der Waals surface area (Å²) in [5, 5.41) is 3.30. The molecule has 7 nitrogen and oxygen atoms in total. The van der Waals surface area contributed by atoms with Gasteiger partial charge in [0.05, 0.1) is 0 Å². The summed E-state index contributed by atoms with van der Waals surface area (Å²) in [5.74, 6) is 7.65. The Morgan fingerprint density at radius 3 is 2.42 bits per heavy atom. The topological polar surface area (TPSA) is 92.0 Å². The molecule has 0 atom stereocenters. The van der Waals surface area contributed by atoms with Gasteiger partial charge in [-0.3, -0.25) is 5.43 Å². The minimum Gasteiger partial charge on any atom is -0.354 e. The Morgan fingerprint density at radius 1 is 1.11 bits per heavy atom. The summed E-state index contributed by atoms with van der Waals surface area (Å²) in [6.45, 7) is 0.918. The molecule has 2 rings (SSSR count). The summed E-state index contributed by atoms with van der Waals surface area (Å²) in [5.41, 5.74) is 2.47. The number of hydrogen-bond donors (Lipinski definition) is 3. The van der Waals surface area contributed by atoms with E-state index in [9.17, 15) is 0 Å². The van der Waals surface area contributed by atoms with Gasteiger partial charge in [0.2, 0.25) is 17.8 Å². The molecule has 4 N–H and O–H groups in total. The van der Waals surface area contributed by atoms with Crippen molar-refractivity contribution in [2.75, 3.05) is 36.3 Å². The zero-order chi connectivity index (χ0) is 13.7. The molecule has 1 aromatic heterocycles. The van der Waals surface area contributed by atoms with Gasteiger partial charge in [-0.2, -0.15) is 15.0 Å². The van der Waals surface area contributed by atoms with Gasteiger partial charge in [-0.1, -0.05) is 19.3 Å². The summed E-state index contributed by atoms with van der Waals surface area (Å²) in [6, 6.07) is 0. The Balaban J connectivity index is 2.00.